The van der Waals surface area contributed by atoms with Crippen molar-refractivity contribution in [3.63, 3.8) is 0 Å². The molecule has 266 valence electrons. The lowest BCUT2D eigenvalue weighted by atomic mass is 10.0. The number of carbonyl (C=O) groups excluding carboxylic acids is 6. The first-order valence-electron chi connectivity index (χ1n) is 16.9. The maximum Gasteiger partial charge on any atom is 0.328 e. The maximum absolute atomic E-state index is 14.2. The Morgan fingerprint density at radius 3 is 2.10 bits per heavy atom. The summed E-state index contributed by atoms with van der Waals surface area (Å²) in [5.74, 6) is -4.48. The second kappa shape index (κ2) is 16.2. The zero-order chi connectivity index (χ0) is 36.7. The molecule has 5 rings (SSSR count). The van der Waals surface area contributed by atoms with Gasteiger partial charge in [-0.25, -0.2) is 14.7 Å². The standard InChI is InChI=1S/C38H41N5O8/c1-5-51-38(49)29(22-24-12-7-6-8-13-24)40-33(44)30-16-11-21-42(30)37(48)31(23(2)3)41-34(45)32(39-25-17-19-26(50-4)20-18-25)43-35(46)27-14-9-10-15-28(27)36(43)47/h6-10,12-15,17-20,23,29-31H,5,11,16,21-22H2,1-4H3,(H,40,44)(H,41,45)/t29-,30-,31-/m1/s1. The molecule has 0 aliphatic carbocycles. The lowest BCUT2D eigenvalue weighted by Crippen LogP contribution is -2.58. The molecule has 1 fully saturated rings. The molecule has 0 radical (unpaired) electrons. The Morgan fingerprint density at radius 2 is 1.51 bits per heavy atom. The summed E-state index contributed by atoms with van der Waals surface area (Å²) in [6.45, 7) is 5.51. The molecule has 0 saturated carbocycles. The highest BCUT2D eigenvalue weighted by molar-refractivity contribution is 6.48. The molecule has 5 amide bonds. The Bertz CT molecular complexity index is 1790. The van der Waals surface area contributed by atoms with Crippen molar-refractivity contribution in [2.24, 2.45) is 10.9 Å². The highest BCUT2D eigenvalue weighted by Crippen LogP contribution is 2.26. The molecule has 2 heterocycles. The molecule has 2 N–H and O–H groups in total. The van der Waals surface area contributed by atoms with Crippen LogP contribution in [-0.2, 0) is 30.3 Å². The normalized spacial score (nSPS) is 16.8. The predicted molar refractivity (Wildman–Crippen MR) is 187 cm³/mol. The molecule has 2 aliphatic rings. The van der Waals surface area contributed by atoms with Crippen molar-refractivity contribution in [2.75, 3.05) is 20.3 Å². The van der Waals surface area contributed by atoms with Gasteiger partial charge < -0.3 is 25.0 Å². The molecule has 3 atom stereocenters. The highest BCUT2D eigenvalue weighted by atomic mass is 16.5. The number of methoxy groups -OCH3 is 1. The Hall–Kier alpha value is -5.85. The summed E-state index contributed by atoms with van der Waals surface area (Å²) in [5, 5.41) is 5.50. The minimum Gasteiger partial charge on any atom is -0.497 e. The number of hydrogen-bond donors (Lipinski definition) is 2. The van der Waals surface area contributed by atoms with Crippen LogP contribution in [0.2, 0.25) is 0 Å². The van der Waals surface area contributed by atoms with Crippen LogP contribution in [0.3, 0.4) is 0 Å². The summed E-state index contributed by atoms with van der Waals surface area (Å²) in [7, 11) is 1.50. The van der Waals surface area contributed by atoms with Gasteiger partial charge in [-0.05, 0) is 67.6 Å². The third-order valence-corrected chi connectivity index (χ3v) is 8.74. The minimum absolute atomic E-state index is 0.119. The second-order valence-corrected chi connectivity index (χ2v) is 12.5. The number of ether oxygens (including phenoxy) is 2. The van der Waals surface area contributed by atoms with Gasteiger partial charge in [-0.15, -0.1) is 0 Å². The zero-order valence-electron chi connectivity index (χ0n) is 29.0. The molecule has 13 heteroatoms. The molecule has 51 heavy (non-hydrogen) atoms. The topological polar surface area (TPSA) is 164 Å². The van der Waals surface area contributed by atoms with E-state index in [0.717, 1.165) is 5.56 Å². The number of imide groups is 1. The summed E-state index contributed by atoms with van der Waals surface area (Å²) in [6.07, 6.45) is 1.06. The number of fused-ring (bicyclic) bond motifs is 1. The van der Waals surface area contributed by atoms with Gasteiger partial charge in [0.25, 0.3) is 17.7 Å². The molecule has 0 aromatic heterocycles. The Labute approximate surface area is 296 Å². The van der Waals surface area contributed by atoms with Crippen LogP contribution in [0.15, 0.2) is 83.9 Å². The number of rotatable bonds is 11. The summed E-state index contributed by atoms with van der Waals surface area (Å²) in [4.78, 5) is 88.3. The van der Waals surface area contributed by atoms with Crippen LogP contribution in [0, 0.1) is 5.92 Å². The first-order valence-corrected chi connectivity index (χ1v) is 16.9. The molecule has 0 unspecified atom stereocenters. The van der Waals surface area contributed by atoms with Crippen LogP contribution in [0.4, 0.5) is 5.69 Å². The van der Waals surface area contributed by atoms with E-state index in [0.29, 0.717) is 23.5 Å². The maximum atomic E-state index is 14.2. The van der Waals surface area contributed by atoms with Crippen LogP contribution in [0.5, 0.6) is 5.75 Å². The van der Waals surface area contributed by atoms with Gasteiger partial charge in [-0.3, -0.25) is 24.0 Å². The molecule has 3 aromatic carbocycles. The van der Waals surface area contributed by atoms with Crippen molar-refractivity contribution in [3.05, 3.63) is 95.6 Å². The average molecular weight is 696 g/mol. The fourth-order valence-corrected chi connectivity index (χ4v) is 6.12. The van der Waals surface area contributed by atoms with Gasteiger partial charge in [0.05, 0.1) is 30.5 Å². The van der Waals surface area contributed by atoms with Crippen LogP contribution in [-0.4, -0.2) is 89.5 Å². The summed E-state index contributed by atoms with van der Waals surface area (Å²) in [5.41, 5.74) is 1.32. The molecule has 13 nitrogen and oxygen atoms in total. The minimum atomic E-state index is -1.16. The van der Waals surface area contributed by atoms with Gasteiger partial charge in [-0.1, -0.05) is 56.3 Å². The predicted octanol–water partition coefficient (Wildman–Crippen LogP) is 3.44. The number of likely N-dealkylation sites (tertiary alicyclic amines) is 1. The lowest BCUT2D eigenvalue weighted by Gasteiger charge is -2.31. The van der Waals surface area contributed by atoms with Gasteiger partial charge in [0.15, 0.2) is 0 Å². The SMILES string of the molecule is CCOC(=O)[C@@H](Cc1ccccc1)NC(=O)[C@H]1CCCN1C(=O)[C@H](NC(=O)C(=Nc1ccc(OC)cc1)N1C(=O)c2ccccc2C1=O)C(C)C. The monoisotopic (exact) mass is 695 g/mol. The van der Waals surface area contributed by atoms with Crippen LogP contribution < -0.4 is 15.4 Å². The van der Waals surface area contributed by atoms with E-state index in [1.165, 1.54) is 24.1 Å². The van der Waals surface area contributed by atoms with Gasteiger partial charge in [-0.2, -0.15) is 0 Å². The molecule has 0 spiro atoms. The third-order valence-electron chi connectivity index (χ3n) is 8.74. The summed E-state index contributed by atoms with van der Waals surface area (Å²) < 4.78 is 10.4. The molecular formula is C38H41N5O8. The van der Waals surface area contributed by atoms with Crippen molar-refractivity contribution < 1.29 is 38.2 Å². The molecule has 2 aliphatic heterocycles. The van der Waals surface area contributed by atoms with E-state index in [1.807, 2.05) is 30.3 Å². The number of benzene rings is 3. The number of hydrogen-bond acceptors (Lipinski definition) is 9. The first-order chi connectivity index (χ1) is 24.5. The summed E-state index contributed by atoms with van der Waals surface area (Å²) >= 11 is 0. The van der Waals surface area contributed by atoms with Gasteiger partial charge in [0, 0.05) is 13.0 Å². The van der Waals surface area contributed by atoms with Gasteiger partial charge in [0.2, 0.25) is 17.6 Å². The third kappa shape index (κ3) is 8.14. The van der Waals surface area contributed by atoms with E-state index in [-0.39, 0.29) is 36.4 Å². The fourth-order valence-electron chi connectivity index (χ4n) is 6.12. The van der Waals surface area contributed by atoms with Crippen molar-refractivity contribution in [1.29, 1.82) is 0 Å². The van der Waals surface area contributed by atoms with E-state index < -0.39 is 65.4 Å². The van der Waals surface area contributed by atoms with Crippen LogP contribution >= 0.6 is 0 Å². The summed E-state index contributed by atoms with van der Waals surface area (Å²) in [6, 6.07) is 18.7. The average Bonchev–Trinajstić information content (AvgIpc) is 3.72. The van der Waals surface area contributed by atoms with Gasteiger partial charge >= 0.3 is 5.97 Å². The molecule has 3 aromatic rings. The van der Waals surface area contributed by atoms with E-state index in [2.05, 4.69) is 15.6 Å². The number of aliphatic imine (C=N–C) groups is 1. The second-order valence-electron chi connectivity index (χ2n) is 12.5. The number of nitrogens with one attached hydrogen (secondary N) is 2. The van der Waals surface area contributed by atoms with Crippen molar-refractivity contribution >= 4 is 47.0 Å². The smallest absolute Gasteiger partial charge is 0.328 e. The number of carbonyl (C=O) groups is 6. The van der Waals surface area contributed by atoms with Gasteiger partial charge in [0.1, 0.15) is 23.9 Å². The fraction of sp³-hybridized carbons (Fsp3) is 0.342. The molecular weight excluding hydrogens is 654 g/mol. The lowest BCUT2D eigenvalue weighted by molar-refractivity contribution is -0.148. The Morgan fingerprint density at radius 1 is 0.882 bits per heavy atom. The first kappa shape index (κ1) is 36.4. The quantitative estimate of drug-likeness (QED) is 0.133. The van der Waals surface area contributed by atoms with Crippen molar-refractivity contribution in [2.45, 2.75) is 58.2 Å². The van der Waals surface area contributed by atoms with E-state index in [4.69, 9.17) is 9.47 Å². The number of amides is 5. The van der Waals surface area contributed by atoms with Crippen molar-refractivity contribution in [1.82, 2.24) is 20.4 Å². The number of nitrogens with zero attached hydrogens (tertiary/aromatic N) is 3. The highest BCUT2D eigenvalue weighted by Gasteiger charge is 2.44. The number of esters is 1. The molecule has 1 saturated heterocycles. The van der Waals surface area contributed by atoms with Crippen LogP contribution in [0.25, 0.3) is 0 Å². The van der Waals surface area contributed by atoms with E-state index >= 15 is 0 Å². The Balaban J connectivity index is 1.39. The van der Waals surface area contributed by atoms with Crippen LogP contribution in [0.1, 0.15) is 59.9 Å². The number of amidine groups is 1. The Kier molecular flexibility index (Phi) is 11.6. The zero-order valence-corrected chi connectivity index (χ0v) is 29.0. The molecule has 0 bridgehead atoms. The van der Waals surface area contributed by atoms with E-state index in [1.54, 1.807) is 57.2 Å². The van der Waals surface area contributed by atoms with E-state index in [9.17, 15) is 28.8 Å². The van der Waals surface area contributed by atoms with Crippen molar-refractivity contribution in [3.8, 4) is 5.75 Å². The largest absolute Gasteiger partial charge is 0.497 e.